The molecule has 0 aliphatic rings. The van der Waals surface area contributed by atoms with E-state index in [1.807, 2.05) is 48.5 Å². The lowest BCUT2D eigenvalue weighted by molar-refractivity contribution is 1.25. The quantitative estimate of drug-likeness (QED) is 0.226. The number of hydrogen-bond acceptors (Lipinski definition) is 4. The maximum atomic E-state index is 5.22. The lowest BCUT2D eigenvalue weighted by atomic mass is 10.2. The number of fused-ring (bicyclic) bond motifs is 14. The molecule has 5 heterocycles. The van der Waals surface area contributed by atoms with Gasteiger partial charge < -0.3 is 0 Å². The third-order valence-corrected chi connectivity index (χ3v) is 7.43. The first-order valence-corrected chi connectivity index (χ1v) is 12.6. The zero-order valence-corrected chi connectivity index (χ0v) is 20.1. The van der Waals surface area contributed by atoms with Crippen LogP contribution in [0.5, 0.6) is 0 Å². The first kappa shape index (κ1) is 19.8. The van der Waals surface area contributed by atoms with Crippen molar-refractivity contribution in [3.8, 4) is 0 Å². The maximum absolute atomic E-state index is 5.22. The van der Waals surface area contributed by atoms with Crippen molar-refractivity contribution in [3.63, 3.8) is 0 Å². The van der Waals surface area contributed by atoms with E-state index in [0.717, 1.165) is 77.2 Å². The molecule has 0 bridgehead atoms. The lowest BCUT2D eigenvalue weighted by Crippen LogP contribution is -1.98. The normalized spacial score (nSPS) is 12.2. The van der Waals surface area contributed by atoms with Gasteiger partial charge in [0.15, 0.2) is 11.3 Å². The summed E-state index contributed by atoms with van der Waals surface area (Å²) in [4.78, 5) is 20.8. The molecular formula is C32H18N6. The molecule has 9 rings (SSSR count). The molecule has 0 N–H and O–H groups in total. The first-order valence-electron chi connectivity index (χ1n) is 12.6. The molecule has 6 nitrogen and oxygen atoms in total. The lowest BCUT2D eigenvalue weighted by Gasteiger charge is -2.09. The summed E-state index contributed by atoms with van der Waals surface area (Å²) in [6.45, 7) is 0. The molecule has 176 valence electrons. The second-order valence-corrected chi connectivity index (χ2v) is 9.62. The Balaban J connectivity index is 1.74. The zero-order chi connectivity index (χ0) is 24.8. The van der Waals surface area contributed by atoms with Gasteiger partial charge in [0.05, 0.1) is 44.1 Å². The van der Waals surface area contributed by atoms with Gasteiger partial charge in [-0.1, -0.05) is 60.7 Å². The van der Waals surface area contributed by atoms with E-state index in [9.17, 15) is 0 Å². The highest BCUT2D eigenvalue weighted by atomic mass is 15.1. The number of hydrogen-bond donors (Lipinski definition) is 0. The van der Waals surface area contributed by atoms with Crippen LogP contribution >= 0.6 is 0 Å². The Morgan fingerprint density at radius 2 is 0.763 bits per heavy atom. The van der Waals surface area contributed by atoms with Gasteiger partial charge in [0.1, 0.15) is 11.0 Å². The topological polar surface area (TPSA) is 60.4 Å². The number of para-hydroxylation sites is 6. The van der Waals surface area contributed by atoms with Gasteiger partial charge in [0.2, 0.25) is 0 Å². The van der Waals surface area contributed by atoms with E-state index in [4.69, 9.17) is 19.9 Å². The molecule has 38 heavy (non-hydrogen) atoms. The molecule has 6 heteroatoms. The van der Waals surface area contributed by atoms with Crippen molar-refractivity contribution in [1.82, 2.24) is 28.7 Å². The molecule has 0 aliphatic heterocycles. The number of aromatic nitrogens is 6. The average Bonchev–Trinajstić information content (AvgIpc) is 3.54. The largest absolute Gasteiger partial charge is 0.289 e. The highest BCUT2D eigenvalue weighted by molar-refractivity contribution is 6.08. The minimum Gasteiger partial charge on any atom is -0.289 e. The summed E-state index contributed by atoms with van der Waals surface area (Å²) in [6, 6.07) is 37.3. The van der Waals surface area contributed by atoms with Crippen LogP contribution < -0.4 is 0 Å². The van der Waals surface area contributed by atoms with Crippen molar-refractivity contribution < 1.29 is 0 Å². The fraction of sp³-hybridized carbons (Fsp3) is 0. The van der Waals surface area contributed by atoms with Crippen molar-refractivity contribution >= 4 is 77.2 Å². The van der Waals surface area contributed by atoms with Crippen LogP contribution in [0.25, 0.3) is 77.2 Å². The first-order chi connectivity index (χ1) is 18.8. The van der Waals surface area contributed by atoms with E-state index >= 15 is 0 Å². The average molecular weight is 487 g/mol. The number of benzene rings is 4. The molecule has 5 aromatic heterocycles. The maximum Gasteiger partial charge on any atom is 0.166 e. The Labute approximate surface area is 215 Å². The molecule has 0 aliphatic carbocycles. The molecule has 0 saturated carbocycles. The van der Waals surface area contributed by atoms with E-state index in [1.165, 1.54) is 0 Å². The van der Waals surface area contributed by atoms with E-state index in [1.54, 1.807) is 0 Å². The molecule has 0 saturated heterocycles. The molecule has 0 radical (unpaired) electrons. The van der Waals surface area contributed by atoms with Crippen molar-refractivity contribution in [3.05, 3.63) is 109 Å². The Kier molecular flexibility index (Phi) is 3.70. The van der Waals surface area contributed by atoms with Crippen LogP contribution in [-0.4, -0.2) is 28.7 Å². The number of imidazole rings is 2. The molecule has 0 unspecified atom stereocenters. The molecule has 0 fully saturated rings. The highest BCUT2D eigenvalue weighted by Gasteiger charge is 2.18. The van der Waals surface area contributed by atoms with Crippen LogP contribution in [0.2, 0.25) is 0 Å². The van der Waals surface area contributed by atoms with Gasteiger partial charge in [-0.15, -0.1) is 0 Å². The van der Waals surface area contributed by atoms with Crippen molar-refractivity contribution in [2.24, 2.45) is 0 Å². The predicted octanol–water partition coefficient (Wildman–Crippen LogP) is 7.25. The fourth-order valence-electron chi connectivity index (χ4n) is 5.74. The summed E-state index contributed by atoms with van der Waals surface area (Å²) in [7, 11) is 0. The minimum atomic E-state index is 0.786. The van der Waals surface area contributed by atoms with Crippen LogP contribution in [0.15, 0.2) is 109 Å². The molecule has 9 aromatic rings. The fourth-order valence-corrected chi connectivity index (χ4v) is 5.74. The van der Waals surface area contributed by atoms with Crippen LogP contribution in [-0.2, 0) is 0 Å². The highest BCUT2D eigenvalue weighted by Crippen LogP contribution is 2.32. The monoisotopic (exact) mass is 486 g/mol. The second-order valence-electron chi connectivity index (χ2n) is 9.62. The third kappa shape index (κ3) is 2.56. The summed E-state index contributed by atoms with van der Waals surface area (Å²) in [5, 5.41) is 2.12. The Hall–Kier alpha value is -5.36. The van der Waals surface area contributed by atoms with Gasteiger partial charge >= 0.3 is 0 Å². The Morgan fingerprint density at radius 3 is 1.24 bits per heavy atom. The smallest absolute Gasteiger partial charge is 0.166 e. The van der Waals surface area contributed by atoms with E-state index < -0.39 is 0 Å². The summed E-state index contributed by atoms with van der Waals surface area (Å²) in [5.41, 5.74) is 10.7. The molecule has 4 aromatic carbocycles. The molecular weight excluding hydrogens is 468 g/mol. The van der Waals surface area contributed by atoms with E-state index in [0.29, 0.717) is 0 Å². The van der Waals surface area contributed by atoms with Gasteiger partial charge in [0.25, 0.3) is 0 Å². The SMILES string of the molecule is c1ccc2nc3c(cc2c1)n1c2ccccc2nc1c1nc2ccccc2cc1n1c2ccccc2nc31. The van der Waals surface area contributed by atoms with Gasteiger partial charge in [-0.3, -0.25) is 8.80 Å². The Morgan fingerprint density at radius 1 is 0.368 bits per heavy atom. The number of nitrogens with zero attached hydrogens (tertiary/aromatic N) is 6. The van der Waals surface area contributed by atoms with Gasteiger partial charge in [-0.25, -0.2) is 19.9 Å². The van der Waals surface area contributed by atoms with Crippen LogP contribution in [0.3, 0.4) is 0 Å². The molecule has 0 spiro atoms. The Bertz CT molecular complexity index is 2290. The molecule has 0 amide bonds. The van der Waals surface area contributed by atoms with Crippen molar-refractivity contribution in [2.75, 3.05) is 0 Å². The van der Waals surface area contributed by atoms with Crippen LogP contribution in [0.4, 0.5) is 0 Å². The van der Waals surface area contributed by atoms with Crippen molar-refractivity contribution in [1.29, 1.82) is 0 Å². The number of pyridine rings is 2. The predicted molar refractivity (Wildman–Crippen MR) is 153 cm³/mol. The van der Waals surface area contributed by atoms with Crippen LogP contribution in [0, 0.1) is 0 Å². The zero-order valence-electron chi connectivity index (χ0n) is 20.1. The summed E-state index contributed by atoms with van der Waals surface area (Å²) < 4.78 is 4.40. The van der Waals surface area contributed by atoms with E-state index in [2.05, 4.69) is 69.5 Å². The van der Waals surface area contributed by atoms with Crippen molar-refractivity contribution in [2.45, 2.75) is 0 Å². The summed E-state index contributed by atoms with van der Waals surface area (Å²) in [5.74, 6) is 0. The standard InChI is InChI=1S/C32H18N6/c1-3-11-21-19(9-1)17-27-29(33-21)31-35-24-14-6-8-16-26(24)38(31)28-18-20-10-2-4-12-22(20)34-30(28)32-36-23-13-5-7-15-25(23)37(27)32/h1-18H. The van der Waals surface area contributed by atoms with Crippen LogP contribution in [0.1, 0.15) is 0 Å². The minimum absolute atomic E-state index is 0.786. The third-order valence-electron chi connectivity index (χ3n) is 7.43. The van der Waals surface area contributed by atoms with Gasteiger partial charge in [-0.05, 0) is 48.5 Å². The van der Waals surface area contributed by atoms with Gasteiger partial charge in [-0.2, -0.15) is 0 Å². The number of rotatable bonds is 0. The summed E-state index contributed by atoms with van der Waals surface area (Å²) in [6.07, 6.45) is 0. The van der Waals surface area contributed by atoms with Gasteiger partial charge in [0, 0.05) is 10.8 Å². The second kappa shape index (κ2) is 7.11. The summed E-state index contributed by atoms with van der Waals surface area (Å²) >= 11 is 0. The van der Waals surface area contributed by atoms with E-state index in [-0.39, 0.29) is 0 Å². The molecule has 0 atom stereocenters.